The van der Waals surface area contributed by atoms with Crippen LogP contribution in [0, 0.1) is 5.82 Å². The van der Waals surface area contributed by atoms with Crippen molar-refractivity contribution in [2.24, 2.45) is 0 Å². The van der Waals surface area contributed by atoms with Crippen molar-refractivity contribution in [1.29, 1.82) is 0 Å². The standard InChI is InChI=1S/C15H18FN3O/c16-13-4-1-3-12(7-13)8-17-14-9-18-19(10-14)11-15-5-2-6-20-15/h1,3-4,7,9-10,15,17H,2,5-6,8,11H2. The first-order valence-corrected chi connectivity index (χ1v) is 6.92. The van der Waals surface area contributed by atoms with Crippen molar-refractivity contribution in [3.63, 3.8) is 0 Å². The predicted octanol–water partition coefficient (Wildman–Crippen LogP) is 2.81. The van der Waals surface area contributed by atoms with Crippen molar-refractivity contribution in [3.05, 3.63) is 48.0 Å². The molecule has 2 heterocycles. The molecule has 4 nitrogen and oxygen atoms in total. The molecule has 1 N–H and O–H groups in total. The summed E-state index contributed by atoms with van der Waals surface area (Å²) in [6, 6.07) is 6.59. The molecule has 0 saturated carbocycles. The van der Waals surface area contributed by atoms with Gasteiger partial charge in [-0.3, -0.25) is 4.68 Å². The summed E-state index contributed by atoms with van der Waals surface area (Å²) >= 11 is 0. The van der Waals surface area contributed by atoms with Crippen molar-refractivity contribution in [2.45, 2.75) is 32.0 Å². The molecule has 0 spiro atoms. The molecule has 1 fully saturated rings. The first kappa shape index (κ1) is 13.1. The summed E-state index contributed by atoms with van der Waals surface area (Å²) < 4.78 is 20.5. The molecule has 20 heavy (non-hydrogen) atoms. The minimum Gasteiger partial charge on any atom is -0.378 e. The molecule has 1 aliphatic rings. The normalized spacial score (nSPS) is 18.4. The zero-order valence-electron chi connectivity index (χ0n) is 11.3. The highest BCUT2D eigenvalue weighted by Crippen LogP contribution is 2.15. The summed E-state index contributed by atoms with van der Waals surface area (Å²) in [6.45, 7) is 2.24. The van der Waals surface area contributed by atoms with E-state index in [-0.39, 0.29) is 11.9 Å². The lowest BCUT2D eigenvalue weighted by atomic mass is 10.2. The van der Waals surface area contributed by atoms with Crippen LogP contribution in [0.3, 0.4) is 0 Å². The fourth-order valence-electron chi connectivity index (χ4n) is 2.40. The number of anilines is 1. The molecule has 0 radical (unpaired) electrons. The zero-order valence-corrected chi connectivity index (χ0v) is 11.3. The van der Waals surface area contributed by atoms with Crippen LogP contribution < -0.4 is 5.32 Å². The van der Waals surface area contributed by atoms with E-state index in [1.165, 1.54) is 12.1 Å². The largest absolute Gasteiger partial charge is 0.378 e. The third kappa shape index (κ3) is 3.36. The average molecular weight is 275 g/mol. The maximum Gasteiger partial charge on any atom is 0.123 e. The Hall–Kier alpha value is -1.88. The van der Waals surface area contributed by atoms with Crippen molar-refractivity contribution in [3.8, 4) is 0 Å². The van der Waals surface area contributed by atoms with Crippen molar-refractivity contribution in [2.75, 3.05) is 11.9 Å². The summed E-state index contributed by atoms with van der Waals surface area (Å²) in [4.78, 5) is 0. The van der Waals surface area contributed by atoms with Gasteiger partial charge in [-0.05, 0) is 30.5 Å². The van der Waals surface area contributed by atoms with E-state index in [0.29, 0.717) is 6.54 Å². The number of nitrogens with one attached hydrogen (secondary N) is 1. The van der Waals surface area contributed by atoms with Crippen LogP contribution in [0.1, 0.15) is 18.4 Å². The van der Waals surface area contributed by atoms with Crippen LogP contribution in [0.2, 0.25) is 0 Å². The van der Waals surface area contributed by atoms with Gasteiger partial charge in [-0.15, -0.1) is 0 Å². The number of hydrogen-bond acceptors (Lipinski definition) is 3. The highest BCUT2D eigenvalue weighted by atomic mass is 19.1. The molecule has 1 unspecified atom stereocenters. The van der Waals surface area contributed by atoms with Gasteiger partial charge in [-0.1, -0.05) is 12.1 Å². The molecule has 1 aliphatic heterocycles. The van der Waals surface area contributed by atoms with E-state index in [9.17, 15) is 4.39 Å². The van der Waals surface area contributed by atoms with Crippen LogP contribution in [-0.2, 0) is 17.8 Å². The second-order valence-electron chi connectivity index (χ2n) is 5.07. The van der Waals surface area contributed by atoms with Crippen LogP contribution in [0.25, 0.3) is 0 Å². The second kappa shape index (κ2) is 6.05. The van der Waals surface area contributed by atoms with Gasteiger partial charge >= 0.3 is 0 Å². The Morgan fingerprint density at radius 3 is 3.20 bits per heavy atom. The molecule has 0 bridgehead atoms. The lowest BCUT2D eigenvalue weighted by Gasteiger charge is -2.08. The second-order valence-corrected chi connectivity index (χ2v) is 5.07. The molecular weight excluding hydrogens is 257 g/mol. The van der Waals surface area contributed by atoms with Gasteiger partial charge in [0, 0.05) is 19.3 Å². The maximum absolute atomic E-state index is 13.1. The molecule has 106 valence electrons. The lowest BCUT2D eigenvalue weighted by molar-refractivity contribution is 0.0940. The number of hydrogen-bond donors (Lipinski definition) is 1. The Morgan fingerprint density at radius 1 is 1.45 bits per heavy atom. The number of halogens is 1. The Balaban J connectivity index is 1.54. The molecule has 5 heteroatoms. The summed E-state index contributed by atoms with van der Waals surface area (Å²) in [5, 5.41) is 7.55. The van der Waals surface area contributed by atoms with E-state index in [0.717, 1.165) is 37.2 Å². The van der Waals surface area contributed by atoms with E-state index in [2.05, 4.69) is 10.4 Å². The highest BCUT2D eigenvalue weighted by molar-refractivity contribution is 5.39. The van der Waals surface area contributed by atoms with Crippen LogP contribution >= 0.6 is 0 Å². The Labute approximate surface area is 117 Å². The lowest BCUT2D eigenvalue weighted by Crippen LogP contribution is -2.15. The summed E-state index contributed by atoms with van der Waals surface area (Å²) in [6.07, 6.45) is 6.27. The van der Waals surface area contributed by atoms with Crippen LogP contribution in [-0.4, -0.2) is 22.5 Å². The molecule has 2 aromatic rings. The third-order valence-electron chi connectivity index (χ3n) is 3.43. The number of rotatable bonds is 5. The Morgan fingerprint density at radius 2 is 2.40 bits per heavy atom. The molecule has 0 amide bonds. The molecule has 1 aromatic heterocycles. The van der Waals surface area contributed by atoms with Gasteiger partial charge in [-0.2, -0.15) is 5.10 Å². The van der Waals surface area contributed by atoms with Crippen LogP contribution in [0.15, 0.2) is 36.7 Å². The fraction of sp³-hybridized carbons (Fsp3) is 0.400. The first-order chi connectivity index (χ1) is 9.79. The molecule has 3 rings (SSSR count). The van der Waals surface area contributed by atoms with Crippen LogP contribution in [0.5, 0.6) is 0 Å². The van der Waals surface area contributed by atoms with E-state index in [4.69, 9.17) is 4.74 Å². The van der Waals surface area contributed by atoms with Crippen molar-refractivity contribution in [1.82, 2.24) is 9.78 Å². The number of benzene rings is 1. The number of ether oxygens (including phenoxy) is 1. The van der Waals surface area contributed by atoms with Gasteiger partial charge in [0.15, 0.2) is 0 Å². The van der Waals surface area contributed by atoms with Crippen molar-refractivity contribution >= 4 is 5.69 Å². The minimum absolute atomic E-state index is 0.210. The van der Waals surface area contributed by atoms with Gasteiger partial charge in [-0.25, -0.2) is 4.39 Å². The number of aromatic nitrogens is 2. The predicted molar refractivity (Wildman–Crippen MR) is 74.9 cm³/mol. The van der Waals surface area contributed by atoms with Gasteiger partial charge in [0.2, 0.25) is 0 Å². The van der Waals surface area contributed by atoms with E-state index < -0.39 is 0 Å². The zero-order chi connectivity index (χ0) is 13.8. The Bertz CT molecular complexity index is 564. The molecule has 1 saturated heterocycles. The van der Waals surface area contributed by atoms with Gasteiger partial charge in [0.1, 0.15) is 5.82 Å². The number of nitrogens with zero attached hydrogens (tertiary/aromatic N) is 2. The van der Waals surface area contributed by atoms with Crippen molar-refractivity contribution < 1.29 is 9.13 Å². The van der Waals surface area contributed by atoms with E-state index >= 15 is 0 Å². The Kier molecular flexibility index (Phi) is 3.97. The quantitative estimate of drug-likeness (QED) is 0.912. The monoisotopic (exact) mass is 275 g/mol. The summed E-state index contributed by atoms with van der Waals surface area (Å²) in [5.41, 5.74) is 1.85. The third-order valence-corrected chi connectivity index (χ3v) is 3.43. The SMILES string of the molecule is Fc1cccc(CNc2cnn(CC3CCCO3)c2)c1. The van der Waals surface area contributed by atoms with Gasteiger partial charge in [0.05, 0.1) is 24.5 Å². The smallest absolute Gasteiger partial charge is 0.123 e. The minimum atomic E-state index is -0.210. The molecule has 1 aromatic carbocycles. The molecule has 0 aliphatic carbocycles. The van der Waals surface area contributed by atoms with Gasteiger partial charge in [0.25, 0.3) is 0 Å². The summed E-state index contributed by atoms with van der Waals surface area (Å²) in [7, 11) is 0. The summed E-state index contributed by atoms with van der Waals surface area (Å²) in [5.74, 6) is -0.210. The first-order valence-electron chi connectivity index (χ1n) is 6.92. The maximum atomic E-state index is 13.1. The van der Waals surface area contributed by atoms with Crippen LogP contribution in [0.4, 0.5) is 10.1 Å². The van der Waals surface area contributed by atoms with E-state index in [1.54, 1.807) is 12.3 Å². The molecular formula is C15H18FN3O. The fourth-order valence-corrected chi connectivity index (χ4v) is 2.40. The van der Waals surface area contributed by atoms with E-state index in [1.807, 2.05) is 16.9 Å². The average Bonchev–Trinajstić information content (AvgIpc) is 3.09. The van der Waals surface area contributed by atoms with Gasteiger partial charge < -0.3 is 10.1 Å². The highest BCUT2D eigenvalue weighted by Gasteiger charge is 2.16. The molecule has 1 atom stereocenters. The topological polar surface area (TPSA) is 39.1 Å².